The van der Waals surface area contributed by atoms with Crippen LogP contribution in [-0.4, -0.2) is 15.3 Å². The molecule has 1 heterocycles. The Hall–Kier alpha value is -2.06. The summed E-state index contributed by atoms with van der Waals surface area (Å²) in [6.07, 6.45) is 12.8. The molecule has 2 aromatic rings. The average Bonchev–Trinajstić information content (AvgIpc) is 2.78. The Morgan fingerprint density at radius 1 is 1.10 bits per heavy atom. The number of hydrogen-bond donors (Lipinski definition) is 0. The maximum atomic E-state index is 13.5. The van der Waals surface area contributed by atoms with Crippen molar-refractivity contribution in [1.82, 2.24) is 9.55 Å². The SMILES string of the molecule is N#CCSc1nc(=O)c2c(n1C1CCCCC1)-c1ccccc1CC21CCCCC1. The van der Waals surface area contributed by atoms with Crippen molar-refractivity contribution in [1.29, 1.82) is 5.26 Å². The van der Waals surface area contributed by atoms with Crippen LogP contribution in [0.3, 0.4) is 0 Å². The summed E-state index contributed by atoms with van der Waals surface area (Å²) in [6.45, 7) is 0. The summed E-state index contributed by atoms with van der Waals surface area (Å²) in [5.74, 6) is 0.324. The molecule has 0 unspecified atom stereocenters. The van der Waals surface area contributed by atoms with Crippen molar-refractivity contribution in [2.45, 2.75) is 87.2 Å². The van der Waals surface area contributed by atoms with Crippen LogP contribution in [-0.2, 0) is 11.8 Å². The molecule has 0 bridgehead atoms. The molecule has 1 aromatic heterocycles. The number of hydrogen-bond acceptors (Lipinski definition) is 4. The number of aromatic nitrogens is 2. The molecule has 1 spiro atoms. The number of rotatable bonds is 3. The van der Waals surface area contributed by atoms with Crippen LogP contribution in [0.2, 0.25) is 0 Å². The minimum Gasteiger partial charge on any atom is -0.317 e. The van der Waals surface area contributed by atoms with Gasteiger partial charge in [0.2, 0.25) is 0 Å². The van der Waals surface area contributed by atoms with Crippen LogP contribution in [0.4, 0.5) is 0 Å². The van der Waals surface area contributed by atoms with Gasteiger partial charge in [0.25, 0.3) is 5.56 Å². The smallest absolute Gasteiger partial charge is 0.278 e. The molecule has 156 valence electrons. The molecule has 2 fully saturated rings. The fraction of sp³-hybridized carbons (Fsp3) is 0.560. The van der Waals surface area contributed by atoms with E-state index in [0.717, 1.165) is 48.5 Å². The van der Waals surface area contributed by atoms with Gasteiger partial charge in [-0.1, -0.05) is 74.6 Å². The highest BCUT2D eigenvalue weighted by molar-refractivity contribution is 7.99. The van der Waals surface area contributed by atoms with Crippen molar-refractivity contribution in [3.05, 3.63) is 45.7 Å². The van der Waals surface area contributed by atoms with E-state index in [-0.39, 0.29) is 11.0 Å². The van der Waals surface area contributed by atoms with Gasteiger partial charge in [0.15, 0.2) is 5.16 Å². The van der Waals surface area contributed by atoms with Gasteiger partial charge in [-0.15, -0.1) is 0 Å². The second-order valence-corrected chi connectivity index (χ2v) is 10.1. The van der Waals surface area contributed by atoms with Gasteiger partial charge in [0.05, 0.1) is 23.1 Å². The van der Waals surface area contributed by atoms with Crippen LogP contribution < -0.4 is 5.56 Å². The molecule has 4 nitrogen and oxygen atoms in total. The van der Waals surface area contributed by atoms with Gasteiger partial charge in [0, 0.05) is 17.0 Å². The molecule has 0 aliphatic heterocycles. The third-order valence-electron chi connectivity index (χ3n) is 7.44. The van der Waals surface area contributed by atoms with Gasteiger partial charge in [-0.05, 0) is 37.7 Å². The first-order valence-corrected chi connectivity index (χ1v) is 12.5. The Kier molecular flexibility index (Phi) is 5.45. The van der Waals surface area contributed by atoms with Crippen molar-refractivity contribution in [3.63, 3.8) is 0 Å². The second kappa shape index (κ2) is 8.23. The Balaban J connectivity index is 1.81. The molecule has 0 N–H and O–H groups in total. The van der Waals surface area contributed by atoms with E-state index in [1.54, 1.807) is 0 Å². The van der Waals surface area contributed by atoms with Crippen LogP contribution in [0, 0.1) is 11.3 Å². The predicted molar refractivity (Wildman–Crippen MR) is 121 cm³/mol. The summed E-state index contributed by atoms with van der Waals surface area (Å²) in [7, 11) is 0. The third-order valence-corrected chi connectivity index (χ3v) is 8.26. The first kappa shape index (κ1) is 19.9. The molecule has 1 aromatic carbocycles. The number of nitrogens with zero attached hydrogens (tertiary/aromatic N) is 3. The summed E-state index contributed by atoms with van der Waals surface area (Å²) < 4.78 is 2.40. The zero-order chi connectivity index (χ0) is 20.6. The van der Waals surface area contributed by atoms with E-state index in [2.05, 4.69) is 39.9 Å². The number of thioether (sulfide) groups is 1. The Morgan fingerprint density at radius 3 is 2.60 bits per heavy atom. The third kappa shape index (κ3) is 3.30. The predicted octanol–water partition coefficient (Wildman–Crippen LogP) is 5.79. The summed E-state index contributed by atoms with van der Waals surface area (Å²) in [5.41, 5.74) is 4.58. The first-order chi connectivity index (χ1) is 14.7. The largest absolute Gasteiger partial charge is 0.317 e. The highest BCUT2D eigenvalue weighted by Crippen LogP contribution is 2.50. The van der Waals surface area contributed by atoms with Crippen LogP contribution in [0.25, 0.3) is 11.3 Å². The molecule has 2 saturated carbocycles. The lowest BCUT2D eigenvalue weighted by Gasteiger charge is -2.44. The lowest BCUT2D eigenvalue weighted by molar-refractivity contribution is 0.275. The molecule has 3 aliphatic carbocycles. The summed E-state index contributed by atoms with van der Waals surface area (Å²) >= 11 is 1.43. The normalized spacial score (nSPS) is 20.4. The van der Waals surface area contributed by atoms with Gasteiger partial charge in [-0.25, -0.2) is 0 Å². The number of benzene rings is 1. The van der Waals surface area contributed by atoms with Crippen LogP contribution in [0.15, 0.2) is 34.2 Å². The van der Waals surface area contributed by atoms with Gasteiger partial charge < -0.3 is 4.57 Å². The monoisotopic (exact) mass is 419 g/mol. The van der Waals surface area contributed by atoms with Crippen LogP contribution in [0.1, 0.15) is 81.4 Å². The van der Waals surface area contributed by atoms with Crippen molar-refractivity contribution >= 4 is 11.8 Å². The fourth-order valence-electron chi connectivity index (χ4n) is 6.15. The fourth-order valence-corrected chi connectivity index (χ4v) is 6.87. The Morgan fingerprint density at radius 2 is 1.83 bits per heavy atom. The van der Waals surface area contributed by atoms with Gasteiger partial charge in [0.1, 0.15) is 0 Å². The number of nitriles is 1. The van der Waals surface area contributed by atoms with Gasteiger partial charge in [-0.3, -0.25) is 4.79 Å². The minimum absolute atomic E-state index is 0.0473. The summed E-state index contributed by atoms with van der Waals surface area (Å²) in [5, 5.41) is 9.95. The molecule has 30 heavy (non-hydrogen) atoms. The molecule has 5 rings (SSSR count). The molecule has 0 amide bonds. The first-order valence-electron chi connectivity index (χ1n) is 11.5. The molecular weight excluding hydrogens is 390 g/mol. The highest BCUT2D eigenvalue weighted by Gasteiger charge is 2.44. The second-order valence-electron chi connectivity index (χ2n) is 9.21. The maximum absolute atomic E-state index is 13.5. The van der Waals surface area contributed by atoms with E-state index in [1.807, 2.05) is 0 Å². The van der Waals surface area contributed by atoms with Crippen LogP contribution >= 0.6 is 11.8 Å². The molecule has 0 saturated heterocycles. The lowest BCUT2D eigenvalue weighted by atomic mass is 9.62. The molecule has 0 atom stereocenters. The van der Waals surface area contributed by atoms with Gasteiger partial charge in [-0.2, -0.15) is 10.2 Å². The minimum atomic E-state index is -0.0686. The molecule has 0 radical (unpaired) electrons. The van der Waals surface area contributed by atoms with E-state index < -0.39 is 0 Å². The van der Waals surface area contributed by atoms with Crippen LogP contribution in [0.5, 0.6) is 0 Å². The Labute approximate surface area is 182 Å². The van der Waals surface area contributed by atoms with Crippen molar-refractivity contribution in [2.75, 3.05) is 5.75 Å². The molecule has 5 heteroatoms. The highest BCUT2D eigenvalue weighted by atomic mass is 32.2. The van der Waals surface area contributed by atoms with E-state index in [1.165, 1.54) is 61.4 Å². The van der Waals surface area contributed by atoms with E-state index >= 15 is 0 Å². The zero-order valence-electron chi connectivity index (χ0n) is 17.5. The van der Waals surface area contributed by atoms with E-state index in [4.69, 9.17) is 0 Å². The average molecular weight is 420 g/mol. The van der Waals surface area contributed by atoms with Gasteiger partial charge >= 0.3 is 0 Å². The summed E-state index contributed by atoms with van der Waals surface area (Å²) in [4.78, 5) is 18.2. The van der Waals surface area contributed by atoms with Crippen molar-refractivity contribution < 1.29 is 0 Å². The Bertz CT molecular complexity index is 1040. The van der Waals surface area contributed by atoms with Crippen molar-refractivity contribution in [2.24, 2.45) is 0 Å². The number of fused-ring (bicyclic) bond motifs is 4. The summed E-state index contributed by atoms with van der Waals surface area (Å²) in [6, 6.07) is 11.3. The van der Waals surface area contributed by atoms with E-state index in [0.29, 0.717) is 11.8 Å². The van der Waals surface area contributed by atoms with Crippen molar-refractivity contribution in [3.8, 4) is 17.3 Å². The van der Waals surface area contributed by atoms with E-state index in [9.17, 15) is 10.1 Å². The lowest BCUT2D eigenvalue weighted by Crippen LogP contribution is -2.42. The standard InChI is InChI=1S/C25H29N3OS/c26-15-16-30-24-27-23(29)21-22(28(24)19-10-3-1-4-11-19)20-12-6-5-9-18(20)17-25(21)13-7-2-8-14-25/h5-6,9,12,19H,1-4,7-8,10-11,13-14,16-17H2. The molecular formula is C25H29N3OS. The quantitative estimate of drug-likeness (QED) is 0.467. The molecule has 3 aliphatic rings. The zero-order valence-corrected chi connectivity index (χ0v) is 18.3. The topological polar surface area (TPSA) is 58.7 Å². The maximum Gasteiger partial charge on any atom is 0.278 e.